The first-order chi connectivity index (χ1) is 14.0. The second kappa shape index (κ2) is 9.29. The van der Waals surface area contributed by atoms with Crippen LogP contribution < -0.4 is 10.6 Å². The Kier molecular flexibility index (Phi) is 6.56. The Balaban J connectivity index is 1.61. The van der Waals surface area contributed by atoms with Gasteiger partial charge in [0, 0.05) is 11.3 Å². The van der Waals surface area contributed by atoms with Gasteiger partial charge in [0.05, 0.1) is 18.7 Å². The zero-order valence-corrected chi connectivity index (χ0v) is 17.3. The third-order valence-corrected chi connectivity index (χ3v) is 4.47. The highest BCUT2D eigenvalue weighted by Gasteiger charge is 2.14. The fourth-order valence-corrected chi connectivity index (χ4v) is 2.93. The van der Waals surface area contributed by atoms with Crippen molar-refractivity contribution in [3.63, 3.8) is 0 Å². The molecule has 3 rings (SSSR count). The van der Waals surface area contributed by atoms with Crippen LogP contribution >= 0.6 is 12.2 Å². The van der Waals surface area contributed by atoms with Gasteiger partial charge in [0.2, 0.25) is 11.7 Å². The normalized spacial score (nSPS) is 10.4. The van der Waals surface area contributed by atoms with E-state index in [0.717, 1.165) is 22.4 Å². The van der Waals surface area contributed by atoms with Crippen LogP contribution in [0.2, 0.25) is 0 Å². The average molecular weight is 410 g/mol. The molecule has 2 N–H and O–H groups in total. The van der Waals surface area contributed by atoms with Crippen LogP contribution in [0.4, 0.5) is 5.69 Å². The van der Waals surface area contributed by atoms with Crippen LogP contribution in [-0.4, -0.2) is 27.8 Å². The first-order valence-corrected chi connectivity index (χ1v) is 9.60. The molecule has 1 aromatic heterocycles. The van der Waals surface area contributed by atoms with Gasteiger partial charge in [-0.2, -0.15) is 4.98 Å². The van der Waals surface area contributed by atoms with Crippen LogP contribution in [-0.2, 0) is 11.3 Å². The molecule has 0 unspecified atom stereocenters. The van der Waals surface area contributed by atoms with E-state index in [9.17, 15) is 4.79 Å². The Hall–Kier alpha value is -3.26. The van der Waals surface area contributed by atoms with Gasteiger partial charge in [-0.1, -0.05) is 35.0 Å². The molecule has 7 nitrogen and oxygen atoms in total. The molecule has 0 bridgehead atoms. The predicted octanol–water partition coefficient (Wildman–Crippen LogP) is 4.02. The van der Waals surface area contributed by atoms with Crippen LogP contribution in [0, 0.1) is 13.8 Å². The van der Waals surface area contributed by atoms with Crippen LogP contribution in [0.15, 0.2) is 47.0 Å². The van der Waals surface area contributed by atoms with E-state index in [1.807, 2.05) is 44.2 Å². The van der Waals surface area contributed by atoms with Crippen molar-refractivity contribution in [2.45, 2.75) is 27.3 Å². The number of aryl methyl sites for hydroxylation is 1. The van der Waals surface area contributed by atoms with E-state index >= 15 is 0 Å². The van der Waals surface area contributed by atoms with Crippen molar-refractivity contribution < 1.29 is 14.1 Å². The molecule has 8 heteroatoms. The van der Waals surface area contributed by atoms with Gasteiger partial charge in [-0.15, -0.1) is 0 Å². The number of ether oxygens (including phenoxy) is 1. The number of carbonyl (C=O) groups excluding carboxylic acids is 1. The van der Waals surface area contributed by atoms with Crippen LogP contribution in [0.5, 0.6) is 0 Å². The summed E-state index contributed by atoms with van der Waals surface area (Å²) < 4.78 is 10.4. The second-order valence-electron chi connectivity index (χ2n) is 6.39. The van der Waals surface area contributed by atoms with Gasteiger partial charge in [0.25, 0.3) is 0 Å². The molecule has 0 spiro atoms. The van der Waals surface area contributed by atoms with Gasteiger partial charge in [-0.05, 0) is 56.8 Å². The second-order valence-corrected chi connectivity index (χ2v) is 6.80. The van der Waals surface area contributed by atoms with Crippen molar-refractivity contribution in [1.29, 1.82) is 0 Å². The van der Waals surface area contributed by atoms with Gasteiger partial charge >= 0.3 is 5.97 Å². The number of hydrogen-bond donors (Lipinski definition) is 2. The van der Waals surface area contributed by atoms with Crippen molar-refractivity contribution in [1.82, 2.24) is 15.5 Å². The lowest BCUT2D eigenvalue weighted by Gasteiger charge is -2.13. The van der Waals surface area contributed by atoms with Gasteiger partial charge in [0.1, 0.15) is 0 Å². The third-order valence-electron chi connectivity index (χ3n) is 4.22. The predicted molar refractivity (Wildman–Crippen MR) is 115 cm³/mol. The minimum atomic E-state index is -0.359. The van der Waals surface area contributed by atoms with Gasteiger partial charge in [-0.25, -0.2) is 4.79 Å². The number of thiocarbonyl (C=S) groups is 1. The van der Waals surface area contributed by atoms with E-state index in [-0.39, 0.29) is 12.5 Å². The molecule has 150 valence electrons. The summed E-state index contributed by atoms with van der Waals surface area (Å²) in [6.07, 6.45) is 0. The summed E-state index contributed by atoms with van der Waals surface area (Å²) in [5.41, 5.74) is 4.00. The molecule has 0 fully saturated rings. The molecule has 0 amide bonds. The highest BCUT2D eigenvalue weighted by Crippen LogP contribution is 2.20. The highest BCUT2D eigenvalue weighted by atomic mass is 32.1. The van der Waals surface area contributed by atoms with E-state index in [4.69, 9.17) is 21.5 Å². The number of nitrogens with one attached hydrogen (secondary N) is 2. The van der Waals surface area contributed by atoms with E-state index in [1.165, 1.54) is 0 Å². The summed E-state index contributed by atoms with van der Waals surface area (Å²) in [6.45, 7) is 6.22. The average Bonchev–Trinajstić information content (AvgIpc) is 3.17. The maximum absolute atomic E-state index is 12.0. The molecule has 0 aliphatic carbocycles. The molecule has 1 heterocycles. The number of carbonyl (C=O) groups is 1. The summed E-state index contributed by atoms with van der Waals surface area (Å²) in [6, 6.07) is 13.2. The number of esters is 1. The molecular formula is C21H22N4O3S. The Morgan fingerprint density at radius 2 is 2.00 bits per heavy atom. The monoisotopic (exact) mass is 410 g/mol. The molecule has 0 saturated heterocycles. The van der Waals surface area contributed by atoms with Crippen LogP contribution in [0.3, 0.4) is 0 Å². The smallest absolute Gasteiger partial charge is 0.338 e. The van der Waals surface area contributed by atoms with Crippen molar-refractivity contribution in [3.8, 4) is 11.4 Å². The van der Waals surface area contributed by atoms with Crippen molar-refractivity contribution in [2.24, 2.45) is 0 Å². The number of rotatable bonds is 6. The largest absolute Gasteiger partial charge is 0.462 e. The molecule has 0 aliphatic rings. The van der Waals surface area contributed by atoms with E-state index in [1.54, 1.807) is 19.1 Å². The Morgan fingerprint density at radius 1 is 1.21 bits per heavy atom. The SMILES string of the molecule is CCOC(=O)c1cccc(NC(=S)NCc2nc(-c3cccc(C)c3)no2)c1C. The molecule has 0 atom stereocenters. The fourth-order valence-electron chi connectivity index (χ4n) is 2.75. The maximum atomic E-state index is 12.0. The quantitative estimate of drug-likeness (QED) is 0.465. The lowest BCUT2D eigenvalue weighted by Crippen LogP contribution is -2.28. The summed E-state index contributed by atoms with van der Waals surface area (Å²) >= 11 is 5.34. The maximum Gasteiger partial charge on any atom is 0.338 e. The lowest BCUT2D eigenvalue weighted by molar-refractivity contribution is 0.0525. The van der Waals surface area contributed by atoms with E-state index in [0.29, 0.717) is 29.0 Å². The number of anilines is 1. The molecular weight excluding hydrogens is 388 g/mol. The Labute approximate surface area is 174 Å². The highest BCUT2D eigenvalue weighted by molar-refractivity contribution is 7.80. The molecule has 0 radical (unpaired) electrons. The van der Waals surface area contributed by atoms with Crippen molar-refractivity contribution in [2.75, 3.05) is 11.9 Å². The van der Waals surface area contributed by atoms with Crippen LogP contribution in [0.25, 0.3) is 11.4 Å². The van der Waals surface area contributed by atoms with Crippen molar-refractivity contribution in [3.05, 3.63) is 65.0 Å². The number of aromatic nitrogens is 2. The summed E-state index contributed by atoms with van der Waals surface area (Å²) in [4.78, 5) is 16.4. The van der Waals surface area contributed by atoms with Crippen molar-refractivity contribution >= 4 is 29.0 Å². The number of hydrogen-bond acceptors (Lipinski definition) is 6. The minimum absolute atomic E-state index is 0.279. The number of benzene rings is 2. The molecule has 29 heavy (non-hydrogen) atoms. The topological polar surface area (TPSA) is 89.3 Å². The number of nitrogens with zero attached hydrogens (tertiary/aromatic N) is 2. The standard InChI is InChI=1S/C21H22N4O3S/c1-4-27-20(26)16-9-6-10-17(14(16)3)23-21(29)22-12-18-24-19(25-28-18)15-8-5-7-13(2)11-15/h5-11H,4,12H2,1-3H3,(H2,22,23,29). The zero-order valence-electron chi connectivity index (χ0n) is 16.5. The summed E-state index contributed by atoms with van der Waals surface area (Å²) in [7, 11) is 0. The van der Waals surface area contributed by atoms with E-state index < -0.39 is 0 Å². The summed E-state index contributed by atoms with van der Waals surface area (Å²) in [5, 5.41) is 10.5. The van der Waals surface area contributed by atoms with Gasteiger partial charge < -0.3 is 19.9 Å². The molecule has 3 aromatic rings. The third kappa shape index (κ3) is 5.17. The van der Waals surface area contributed by atoms with Crippen LogP contribution in [0.1, 0.15) is 34.3 Å². The molecule has 2 aromatic carbocycles. The summed E-state index contributed by atoms with van der Waals surface area (Å²) in [5.74, 6) is 0.590. The first kappa shape index (κ1) is 20.5. The molecule has 0 aliphatic heterocycles. The van der Waals surface area contributed by atoms with Gasteiger partial charge in [0.15, 0.2) is 5.11 Å². The first-order valence-electron chi connectivity index (χ1n) is 9.19. The zero-order chi connectivity index (χ0) is 20.8. The van der Waals surface area contributed by atoms with Gasteiger partial charge in [-0.3, -0.25) is 0 Å². The Bertz CT molecular complexity index is 1030. The lowest BCUT2D eigenvalue weighted by atomic mass is 10.1. The molecule has 0 saturated carbocycles. The fraction of sp³-hybridized carbons (Fsp3) is 0.238. The Morgan fingerprint density at radius 3 is 2.76 bits per heavy atom. The van der Waals surface area contributed by atoms with E-state index in [2.05, 4.69) is 20.8 Å². The minimum Gasteiger partial charge on any atom is -0.462 e.